The van der Waals surface area contributed by atoms with Crippen LogP contribution in [0, 0.1) is 12.8 Å². The first-order valence-corrected chi connectivity index (χ1v) is 8.29. The molecule has 1 atom stereocenters. The van der Waals surface area contributed by atoms with E-state index in [2.05, 4.69) is 5.10 Å². The van der Waals surface area contributed by atoms with E-state index in [4.69, 9.17) is 4.74 Å². The molecule has 0 fully saturated rings. The average Bonchev–Trinajstić information content (AvgIpc) is 2.96. The normalized spacial score (nSPS) is 12.1. The van der Waals surface area contributed by atoms with Crippen molar-refractivity contribution >= 4 is 5.97 Å². The first kappa shape index (κ1) is 19.8. The highest BCUT2D eigenvalue weighted by Crippen LogP contribution is 2.28. The van der Waals surface area contributed by atoms with Crippen LogP contribution in [0.25, 0.3) is 11.3 Å². The van der Waals surface area contributed by atoms with Crippen molar-refractivity contribution < 1.29 is 22.7 Å². The number of ether oxygens (including phenoxy) is 1. The Morgan fingerprint density at radius 2 is 1.85 bits per heavy atom. The van der Waals surface area contributed by atoms with E-state index in [1.54, 1.807) is 4.68 Å². The van der Waals surface area contributed by atoms with Crippen molar-refractivity contribution in [1.29, 1.82) is 0 Å². The first-order chi connectivity index (χ1) is 12.3. The fraction of sp³-hybridized carbons (Fsp3) is 0.368. The fourth-order valence-electron chi connectivity index (χ4n) is 2.63. The monoisotopic (exact) mass is 366 g/mol. The molecule has 1 unspecified atom stereocenters. The maximum absolute atomic E-state index is 12.9. The highest BCUT2D eigenvalue weighted by molar-refractivity contribution is 5.76. The predicted molar refractivity (Wildman–Crippen MR) is 92.2 cm³/mol. The van der Waals surface area contributed by atoms with Crippen LogP contribution >= 0.6 is 0 Å². The molecule has 7 heteroatoms. The van der Waals surface area contributed by atoms with E-state index in [0.29, 0.717) is 0 Å². The number of aryl methyl sites for hydroxylation is 1. The van der Waals surface area contributed by atoms with Gasteiger partial charge < -0.3 is 4.74 Å². The van der Waals surface area contributed by atoms with Crippen LogP contribution in [0.2, 0.25) is 0 Å². The number of esters is 1. The lowest BCUT2D eigenvalue weighted by atomic mass is 10.0. The third kappa shape index (κ3) is 4.74. The van der Waals surface area contributed by atoms with Gasteiger partial charge in [0.25, 0.3) is 0 Å². The zero-order valence-corrected chi connectivity index (χ0v) is 14.9. The molecule has 2 aromatic rings. The van der Waals surface area contributed by atoms with Crippen molar-refractivity contribution in [2.45, 2.75) is 33.2 Å². The van der Waals surface area contributed by atoms with Gasteiger partial charge in [-0.15, -0.1) is 0 Å². The van der Waals surface area contributed by atoms with Crippen LogP contribution in [-0.4, -0.2) is 22.4 Å². The topological polar surface area (TPSA) is 44.1 Å². The molecule has 26 heavy (non-hydrogen) atoms. The van der Waals surface area contributed by atoms with Gasteiger partial charge in [0.1, 0.15) is 0 Å². The third-order valence-electron chi connectivity index (χ3n) is 3.83. The Kier molecular flexibility index (Phi) is 6.60. The Hall–Kier alpha value is -2.57. The number of hydrogen-bond acceptors (Lipinski definition) is 3. The third-order valence-corrected chi connectivity index (χ3v) is 3.83. The zero-order chi connectivity index (χ0) is 19.3. The van der Waals surface area contributed by atoms with Crippen LogP contribution < -0.4 is 0 Å². The Balaban J connectivity index is 2.25. The van der Waals surface area contributed by atoms with Crippen LogP contribution in [0.15, 0.2) is 48.3 Å². The lowest BCUT2D eigenvalue weighted by molar-refractivity contribution is -0.149. The molecule has 0 saturated carbocycles. The summed E-state index contributed by atoms with van der Waals surface area (Å²) >= 11 is 0. The summed E-state index contributed by atoms with van der Waals surface area (Å²) in [6.07, 6.45) is -3.04. The SMILES string of the molecule is Cc1cc(-c2ccccc2)n(C(C(=O)OCCC(F)=C(F)F)C(C)C)n1. The number of benzene rings is 1. The molecule has 140 valence electrons. The van der Waals surface area contributed by atoms with Crippen LogP contribution in [0.5, 0.6) is 0 Å². The molecule has 0 aliphatic carbocycles. The van der Waals surface area contributed by atoms with Crippen molar-refractivity contribution in [3.63, 3.8) is 0 Å². The summed E-state index contributed by atoms with van der Waals surface area (Å²) in [6.45, 7) is 5.03. The molecule has 0 saturated heterocycles. The van der Waals surface area contributed by atoms with Crippen LogP contribution in [-0.2, 0) is 9.53 Å². The minimum Gasteiger partial charge on any atom is -0.464 e. The molecule has 2 rings (SSSR count). The molecule has 0 spiro atoms. The van der Waals surface area contributed by atoms with Gasteiger partial charge in [0, 0.05) is 6.42 Å². The van der Waals surface area contributed by atoms with Crippen LogP contribution in [0.4, 0.5) is 13.2 Å². The maximum Gasteiger partial charge on any atom is 0.331 e. The summed E-state index contributed by atoms with van der Waals surface area (Å²) in [5.41, 5.74) is 2.37. The largest absolute Gasteiger partial charge is 0.464 e. The van der Waals surface area contributed by atoms with E-state index in [-0.39, 0.29) is 5.92 Å². The Morgan fingerprint density at radius 1 is 1.19 bits per heavy atom. The van der Waals surface area contributed by atoms with Gasteiger partial charge in [0.15, 0.2) is 11.9 Å². The van der Waals surface area contributed by atoms with E-state index in [1.807, 2.05) is 57.2 Å². The molecule has 0 aliphatic heterocycles. The molecule has 1 aromatic carbocycles. The highest BCUT2D eigenvalue weighted by atomic mass is 19.3. The van der Waals surface area contributed by atoms with Gasteiger partial charge >= 0.3 is 12.0 Å². The summed E-state index contributed by atoms with van der Waals surface area (Å²) in [5, 5.41) is 4.41. The van der Waals surface area contributed by atoms with Crippen molar-refractivity contribution in [1.82, 2.24) is 9.78 Å². The van der Waals surface area contributed by atoms with Gasteiger partial charge in [-0.1, -0.05) is 44.2 Å². The highest BCUT2D eigenvalue weighted by Gasteiger charge is 2.29. The van der Waals surface area contributed by atoms with Crippen molar-refractivity contribution in [3.05, 3.63) is 54.0 Å². The summed E-state index contributed by atoms with van der Waals surface area (Å²) < 4.78 is 43.7. The quantitative estimate of drug-likeness (QED) is 0.643. The maximum atomic E-state index is 12.9. The van der Waals surface area contributed by atoms with E-state index < -0.39 is 36.9 Å². The lowest BCUT2D eigenvalue weighted by Gasteiger charge is -2.22. The summed E-state index contributed by atoms with van der Waals surface area (Å²) in [7, 11) is 0. The number of aromatic nitrogens is 2. The zero-order valence-electron chi connectivity index (χ0n) is 14.9. The van der Waals surface area contributed by atoms with Crippen molar-refractivity contribution in [3.8, 4) is 11.3 Å². The van der Waals surface area contributed by atoms with Crippen molar-refractivity contribution in [2.24, 2.45) is 5.92 Å². The number of halogens is 3. The smallest absolute Gasteiger partial charge is 0.331 e. The summed E-state index contributed by atoms with van der Waals surface area (Å²) in [5.74, 6) is -2.37. The van der Waals surface area contributed by atoms with Gasteiger partial charge in [0.2, 0.25) is 0 Å². The number of hydrogen-bond donors (Lipinski definition) is 0. The van der Waals surface area contributed by atoms with Gasteiger partial charge in [-0.3, -0.25) is 4.68 Å². The van der Waals surface area contributed by atoms with Crippen molar-refractivity contribution in [2.75, 3.05) is 6.61 Å². The van der Waals surface area contributed by atoms with Gasteiger partial charge in [0.05, 0.1) is 18.0 Å². The first-order valence-electron chi connectivity index (χ1n) is 8.29. The molecular weight excluding hydrogens is 345 g/mol. The van der Waals surface area contributed by atoms with Gasteiger partial charge in [-0.2, -0.15) is 13.9 Å². The van der Waals surface area contributed by atoms with Gasteiger partial charge in [-0.05, 0) is 24.5 Å². The summed E-state index contributed by atoms with van der Waals surface area (Å²) in [4.78, 5) is 12.5. The standard InChI is InChI=1S/C19H21F3N2O2/c1-12(2)17(19(25)26-10-9-15(20)18(21)22)24-16(11-13(3)23-24)14-7-5-4-6-8-14/h4-8,11-12,17H,9-10H2,1-3H3. The Labute approximate surface area is 150 Å². The van der Waals surface area contributed by atoms with Crippen LogP contribution in [0.3, 0.4) is 0 Å². The van der Waals surface area contributed by atoms with E-state index in [0.717, 1.165) is 17.0 Å². The molecule has 1 aromatic heterocycles. The number of nitrogens with zero attached hydrogens (tertiary/aromatic N) is 2. The second-order valence-electron chi connectivity index (χ2n) is 6.25. The Morgan fingerprint density at radius 3 is 2.42 bits per heavy atom. The molecular formula is C19H21F3N2O2. The molecule has 0 radical (unpaired) electrons. The van der Waals surface area contributed by atoms with E-state index in [9.17, 15) is 18.0 Å². The fourth-order valence-corrected chi connectivity index (χ4v) is 2.63. The van der Waals surface area contributed by atoms with E-state index in [1.165, 1.54) is 0 Å². The second-order valence-corrected chi connectivity index (χ2v) is 6.25. The molecule has 4 nitrogen and oxygen atoms in total. The lowest BCUT2D eigenvalue weighted by Crippen LogP contribution is -2.28. The molecule has 0 N–H and O–H groups in total. The Bertz CT molecular complexity index is 781. The number of carbonyl (C=O) groups is 1. The predicted octanol–water partition coefficient (Wildman–Crippen LogP) is 5.07. The van der Waals surface area contributed by atoms with Gasteiger partial charge in [-0.25, -0.2) is 9.18 Å². The molecule has 0 aliphatic rings. The van der Waals surface area contributed by atoms with Crippen LogP contribution in [0.1, 0.15) is 32.0 Å². The summed E-state index contributed by atoms with van der Waals surface area (Å²) in [6, 6.07) is 10.6. The molecule has 1 heterocycles. The minimum absolute atomic E-state index is 0.164. The van der Waals surface area contributed by atoms with E-state index >= 15 is 0 Å². The number of rotatable bonds is 7. The minimum atomic E-state index is -2.39. The number of carbonyl (C=O) groups excluding carboxylic acids is 1. The second kappa shape index (κ2) is 8.69. The average molecular weight is 366 g/mol. The molecule has 0 amide bonds. The molecule has 0 bridgehead atoms.